The van der Waals surface area contributed by atoms with Crippen molar-refractivity contribution < 1.29 is 9.18 Å². The van der Waals surface area contributed by atoms with Gasteiger partial charge >= 0.3 is 0 Å². The van der Waals surface area contributed by atoms with Crippen LogP contribution < -0.4 is 16.6 Å². The number of hydrazine groups is 1. The maximum Gasteiger partial charge on any atom is 0.251 e. The molecule has 0 unspecified atom stereocenters. The first kappa shape index (κ1) is 14.3. The van der Waals surface area contributed by atoms with Crippen molar-refractivity contribution in [3.63, 3.8) is 0 Å². The second kappa shape index (κ2) is 6.36. The molecule has 0 aliphatic carbocycles. The molecule has 0 fully saturated rings. The van der Waals surface area contributed by atoms with Crippen molar-refractivity contribution in [1.82, 2.24) is 5.32 Å². The lowest BCUT2D eigenvalue weighted by Gasteiger charge is -2.07. The van der Waals surface area contributed by atoms with Crippen molar-refractivity contribution >= 4 is 23.2 Å². The maximum absolute atomic E-state index is 13.0. The molecule has 4 nitrogen and oxygen atoms in total. The number of carbonyl (C=O) groups excluding carboxylic acids is 1. The summed E-state index contributed by atoms with van der Waals surface area (Å²) in [6.07, 6.45) is 0. The normalized spacial score (nSPS) is 10.2. The van der Waals surface area contributed by atoms with E-state index < -0.39 is 5.82 Å². The number of carbonyl (C=O) groups is 1. The molecule has 0 saturated heterocycles. The van der Waals surface area contributed by atoms with Crippen LogP contribution in [0.5, 0.6) is 0 Å². The van der Waals surface area contributed by atoms with Crippen LogP contribution in [0.3, 0.4) is 0 Å². The lowest BCUT2D eigenvalue weighted by Crippen LogP contribution is -2.22. The quantitative estimate of drug-likeness (QED) is 0.600. The van der Waals surface area contributed by atoms with E-state index >= 15 is 0 Å². The number of halogens is 2. The molecule has 2 aromatic rings. The van der Waals surface area contributed by atoms with Crippen LogP contribution in [0.15, 0.2) is 42.5 Å². The van der Waals surface area contributed by atoms with E-state index in [1.165, 1.54) is 12.1 Å². The highest BCUT2D eigenvalue weighted by molar-refractivity contribution is 6.30. The van der Waals surface area contributed by atoms with E-state index in [2.05, 4.69) is 10.7 Å². The number of benzene rings is 2. The first-order valence-electron chi connectivity index (χ1n) is 5.89. The van der Waals surface area contributed by atoms with Crippen LogP contribution in [0.4, 0.5) is 10.1 Å². The van der Waals surface area contributed by atoms with Crippen LogP contribution in [-0.4, -0.2) is 5.91 Å². The third-order valence-electron chi connectivity index (χ3n) is 2.75. The fraction of sp³-hybridized carbons (Fsp3) is 0.0714. The third-order valence-corrected chi connectivity index (χ3v) is 3.04. The lowest BCUT2D eigenvalue weighted by atomic mass is 10.2. The van der Waals surface area contributed by atoms with Gasteiger partial charge in [-0.15, -0.1) is 0 Å². The van der Waals surface area contributed by atoms with Gasteiger partial charge in [0, 0.05) is 17.8 Å². The molecule has 0 atom stereocenters. The van der Waals surface area contributed by atoms with E-state index in [1.807, 2.05) is 0 Å². The molecular weight excluding hydrogens is 281 g/mol. The fourth-order valence-corrected chi connectivity index (χ4v) is 1.85. The second-order valence-electron chi connectivity index (χ2n) is 4.15. The fourth-order valence-electron chi connectivity index (χ4n) is 1.65. The number of nitrogens with two attached hydrogens (primary N) is 1. The number of rotatable bonds is 4. The van der Waals surface area contributed by atoms with Crippen LogP contribution >= 0.6 is 11.6 Å². The van der Waals surface area contributed by atoms with Crippen molar-refractivity contribution in [3.8, 4) is 0 Å². The molecule has 0 aliphatic rings. The summed E-state index contributed by atoms with van der Waals surface area (Å²) in [5.74, 6) is 4.54. The van der Waals surface area contributed by atoms with Gasteiger partial charge in [-0.05, 0) is 42.0 Å². The zero-order chi connectivity index (χ0) is 14.5. The molecule has 104 valence electrons. The predicted molar refractivity (Wildman–Crippen MR) is 76.8 cm³/mol. The molecule has 20 heavy (non-hydrogen) atoms. The topological polar surface area (TPSA) is 67.1 Å². The zero-order valence-electron chi connectivity index (χ0n) is 10.5. The van der Waals surface area contributed by atoms with Gasteiger partial charge in [-0.3, -0.25) is 10.6 Å². The summed E-state index contributed by atoms with van der Waals surface area (Å²) >= 11 is 5.67. The Balaban J connectivity index is 1.98. The van der Waals surface area contributed by atoms with Crippen LogP contribution in [0, 0.1) is 5.82 Å². The van der Waals surface area contributed by atoms with Gasteiger partial charge in [0.2, 0.25) is 0 Å². The summed E-state index contributed by atoms with van der Waals surface area (Å²) in [6.45, 7) is 0.274. The Hall–Kier alpha value is -2.11. The summed E-state index contributed by atoms with van der Waals surface area (Å²) < 4.78 is 13.0. The monoisotopic (exact) mass is 293 g/mol. The Morgan fingerprint density at radius 1 is 1.20 bits per heavy atom. The Bertz CT molecular complexity index is 616. The number of amides is 1. The van der Waals surface area contributed by atoms with Gasteiger partial charge in [0.25, 0.3) is 5.91 Å². The van der Waals surface area contributed by atoms with Crippen LogP contribution in [0.2, 0.25) is 5.02 Å². The van der Waals surface area contributed by atoms with Crippen molar-refractivity contribution in [2.45, 2.75) is 6.54 Å². The minimum absolute atomic E-state index is 0.0372. The summed E-state index contributed by atoms with van der Waals surface area (Å²) in [5.41, 5.74) is 4.43. The van der Waals surface area contributed by atoms with E-state index in [0.717, 1.165) is 5.56 Å². The number of nitrogens with one attached hydrogen (secondary N) is 2. The minimum atomic E-state index is -0.480. The minimum Gasteiger partial charge on any atom is -0.348 e. The van der Waals surface area contributed by atoms with Gasteiger partial charge in [-0.2, -0.15) is 0 Å². The SMILES string of the molecule is NNc1ccc(C(=O)NCc2ccc(F)c(Cl)c2)cc1. The Kier molecular flexibility index (Phi) is 4.55. The van der Waals surface area contributed by atoms with E-state index in [9.17, 15) is 9.18 Å². The van der Waals surface area contributed by atoms with Crippen molar-refractivity contribution in [2.75, 3.05) is 5.43 Å². The Morgan fingerprint density at radius 2 is 1.90 bits per heavy atom. The van der Waals surface area contributed by atoms with E-state index in [-0.39, 0.29) is 17.5 Å². The molecule has 4 N–H and O–H groups in total. The highest BCUT2D eigenvalue weighted by atomic mass is 35.5. The standard InChI is InChI=1S/C14H13ClFN3O/c15-12-7-9(1-6-13(12)16)8-18-14(20)10-2-4-11(19-17)5-3-10/h1-7,19H,8,17H2,(H,18,20). The first-order chi connectivity index (χ1) is 9.60. The van der Waals surface area contributed by atoms with Gasteiger partial charge in [-0.25, -0.2) is 4.39 Å². The highest BCUT2D eigenvalue weighted by Crippen LogP contribution is 2.16. The molecule has 0 spiro atoms. The van der Waals surface area contributed by atoms with E-state index in [4.69, 9.17) is 17.4 Å². The Morgan fingerprint density at radius 3 is 2.50 bits per heavy atom. The maximum atomic E-state index is 13.0. The smallest absolute Gasteiger partial charge is 0.251 e. The molecule has 2 rings (SSSR count). The molecule has 0 aliphatic heterocycles. The van der Waals surface area contributed by atoms with Crippen LogP contribution in [-0.2, 0) is 6.54 Å². The number of hydrogen-bond donors (Lipinski definition) is 3. The number of hydrogen-bond acceptors (Lipinski definition) is 3. The molecule has 6 heteroatoms. The summed E-state index contributed by atoms with van der Waals surface area (Å²) in [7, 11) is 0. The molecule has 1 amide bonds. The number of anilines is 1. The summed E-state index contributed by atoms with van der Waals surface area (Å²) in [6, 6.07) is 11.0. The highest BCUT2D eigenvalue weighted by Gasteiger charge is 2.06. The summed E-state index contributed by atoms with van der Waals surface area (Å²) in [5, 5.41) is 2.76. The summed E-state index contributed by atoms with van der Waals surface area (Å²) in [4.78, 5) is 11.9. The Labute approximate surface area is 120 Å². The second-order valence-corrected chi connectivity index (χ2v) is 4.56. The van der Waals surface area contributed by atoms with Crippen LogP contribution in [0.1, 0.15) is 15.9 Å². The largest absolute Gasteiger partial charge is 0.348 e. The molecular formula is C14H13ClFN3O. The van der Waals surface area contributed by atoms with Crippen molar-refractivity contribution in [1.29, 1.82) is 0 Å². The van der Waals surface area contributed by atoms with Crippen LogP contribution in [0.25, 0.3) is 0 Å². The molecule has 2 aromatic carbocycles. The average Bonchev–Trinajstić information content (AvgIpc) is 2.48. The molecule has 0 saturated carbocycles. The predicted octanol–water partition coefficient (Wildman–Crippen LogP) is 2.69. The van der Waals surface area contributed by atoms with Gasteiger partial charge in [-0.1, -0.05) is 17.7 Å². The lowest BCUT2D eigenvalue weighted by molar-refractivity contribution is 0.0951. The van der Waals surface area contributed by atoms with Crippen molar-refractivity contribution in [2.24, 2.45) is 5.84 Å². The van der Waals surface area contributed by atoms with Crippen molar-refractivity contribution in [3.05, 3.63) is 64.4 Å². The third kappa shape index (κ3) is 3.46. The molecule has 0 heterocycles. The number of nitrogen functional groups attached to an aromatic ring is 1. The average molecular weight is 294 g/mol. The first-order valence-corrected chi connectivity index (χ1v) is 6.27. The molecule has 0 bridgehead atoms. The van der Waals surface area contributed by atoms with E-state index in [0.29, 0.717) is 11.3 Å². The van der Waals surface area contributed by atoms with Gasteiger partial charge < -0.3 is 10.7 Å². The van der Waals surface area contributed by atoms with Gasteiger partial charge in [0.15, 0.2) is 0 Å². The molecule has 0 aromatic heterocycles. The van der Waals surface area contributed by atoms with Gasteiger partial charge in [0.05, 0.1) is 5.02 Å². The van der Waals surface area contributed by atoms with E-state index in [1.54, 1.807) is 30.3 Å². The van der Waals surface area contributed by atoms with Gasteiger partial charge in [0.1, 0.15) is 5.82 Å². The zero-order valence-corrected chi connectivity index (χ0v) is 11.2. The molecule has 0 radical (unpaired) electrons.